The Labute approximate surface area is 138 Å². The number of carbonyl (C=O) groups is 2. The van der Waals surface area contributed by atoms with Crippen LogP contribution in [0.1, 0.15) is 28.9 Å². The van der Waals surface area contributed by atoms with Crippen molar-refractivity contribution in [2.75, 3.05) is 6.61 Å². The van der Waals surface area contributed by atoms with Crippen LogP contribution in [0.4, 0.5) is 4.39 Å². The summed E-state index contributed by atoms with van der Waals surface area (Å²) in [6.45, 7) is 1.36. The summed E-state index contributed by atoms with van der Waals surface area (Å²) in [6, 6.07) is 11.6. The first kappa shape index (κ1) is 17.0. The molecule has 0 aromatic heterocycles. The van der Waals surface area contributed by atoms with Crippen molar-refractivity contribution < 1.29 is 18.7 Å². The molecule has 120 valence electrons. The van der Waals surface area contributed by atoms with E-state index in [0.717, 1.165) is 5.56 Å². The van der Waals surface area contributed by atoms with Gasteiger partial charge in [-0.25, -0.2) is 9.18 Å². The van der Waals surface area contributed by atoms with Gasteiger partial charge in [0.05, 0.1) is 11.6 Å². The van der Waals surface area contributed by atoms with E-state index in [9.17, 15) is 14.0 Å². The molecule has 0 unspecified atom stereocenters. The normalized spacial score (nSPS) is 11.6. The van der Waals surface area contributed by atoms with Crippen molar-refractivity contribution in [3.8, 4) is 0 Å². The van der Waals surface area contributed by atoms with Gasteiger partial charge in [0.25, 0.3) is 5.91 Å². The highest BCUT2D eigenvalue weighted by Crippen LogP contribution is 2.13. The number of hydrogen-bond donors (Lipinski definition) is 1. The zero-order chi connectivity index (χ0) is 16.8. The van der Waals surface area contributed by atoms with Gasteiger partial charge in [-0.2, -0.15) is 0 Å². The minimum absolute atomic E-state index is 0.314. The lowest BCUT2D eigenvalue weighted by Crippen LogP contribution is -2.31. The molecule has 1 amide bonds. The predicted octanol–water partition coefficient (Wildman–Crippen LogP) is 3.51. The number of nitrogens with one attached hydrogen (secondary N) is 1. The van der Waals surface area contributed by atoms with Crippen LogP contribution in [0, 0.1) is 5.82 Å². The molecule has 0 aliphatic heterocycles. The number of ether oxygens (including phenoxy) is 1. The summed E-state index contributed by atoms with van der Waals surface area (Å²) in [5, 5.41) is 3.18. The Morgan fingerprint density at radius 3 is 2.35 bits per heavy atom. The monoisotopic (exact) mass is 335 g/mol. The van der Waals surface area contributed by atoms with Crippen molar-refractivity contribution >= 4 is 23.5 Å². The predicted molar refractivity (Wildman–Crippen MR) is 84.7 cm³/mol. The average molecular weight is 336 g/mol. The van der Waals surface area contributed by atoms with Gasteiger partial charge in [-0.3, -0.25) is 4.79 Å². The molecule has 0 radical (unpaired) electrons. The highest BCUT2D eigenvalue weighted by atomic mass is 35.5. The topological polar surface area (TPSA) is 55.4 Å². The molecule has 2 rings (SSSR count). The Morgan fingerprint density at radius 2 is 1.74 bits per heavy atom. The van der Waals surface area contributed by atoms with E-state index < -0.39 is 18.5 Å². The van der Waals surface area contributed by atoms with Crippen LogP contribution < -0.4 is 5.32 Å². The molecular formula is C17H15ClFNO3. The summed E-state index contributed by atoms with van der Waals surface area (Å²) >= 11 is 5.73. The average Bonchev–Trinajstić information content (AvgIpc) is 2.54. The van der Waals surface area contributed by atoms with Gasteiger partial charge in [0.1, 0.15) is 5.82 Å². The highest BCUT2D eigenvalue weighted by molar-refractivity contribution is 6.30. The Morgan fingerprint density at radius 1 is 1.13 bits per heavy atom. The van der Waals surface area contributed by atoms with E-state index in [0.29, 0.717) is 10.6 Å². The molecule has 0 bridgehead atoms. The third-order valence-corrected chi connectivity index (χ3v) is 3.41. The van der Waals surface area contributed by atoms with Crippen molar-refractivity contribution in [1.29, 1.82) is 0 Å². The van der Waals surface area contributed by atoms with E-state index in [-0.39, 0.29) is 11.9 Å². The van der Waals surface area contributed by atoms with Gasteiger partial charge in [-0.15, -0.1) is 0 Å². The number of hydrogen-bond acceptors (Lipinski definition) is 3. The van der Waals surface area contributed by atoms with E-state index in [1.54, 1.807) is 31.2 Å². The maximum Gasteiger partial charge on any atom is 0.338 e. The fraction of sp³-hybridized carbons (Fsp3) is 0.176. The molecule has 6 heteroatoms. The molecule has 1 atom stereocenters. The van der Waals surface area contributed by atoms with Crippen LogP contribution >= 0.6 is 11.6 Å². The molecule has 1 N–H and O–H groups in total. The van der Waals surface area contributed by atoms with Crippen LogP contribution in [0.15, 0.2) is 48.5 Å². The van der Waals surface area contributed by atoms with Crippen molar-refractivity contribution in [2.24, 2.45) is 0 Å². The van der Waals surface area contributed by atoms with Crippen LogP contribution in [0.25, 0.3) is 0 Å². The van der Waals surface area contributed by atoms with E-state index >= 15 is 0 Å². The lowest BCUT2D eigenvalue weighted by Gasteiger charge is -2.14. The highest BCUT2D eigenvalue weighted by Gasteiger charge is 2.13. The summed E-state index contributed by atoms with van der Waals surface area (Å²) in [6.07, 6.45) is 0. The van der Waals surface area contributed by atoms with E-state index in [2.05, 4.69) is 5.32 Å². The van der Waals surface area contributed by atoms with Gasteiger partial charge in [0, 0.05) is 5.02 Å². The second-order valence-corrected chi connectivity index (χ2v) is 5.36. The molecule has 0 aliphatic carbocycles. The van der Waals surface area contributed by atoms with E-state index in [1.807, 2.05) is 0 Å². The Bertz CT molecular complexity index is 686. The van der Waals surface area contributed by atoms with Crippen molar-refractivity contribution in [2.45, 2.75) is 13.0 Å². The molecule has 0 saturated heterocycles. The molecule has 0 heterocycles. The first-order chi connectivity index (χ1) is 11.0. The largest absolute Gasteiger partial charge is 0.452 e. The smallest absolute Gasteiger partial charge is 0.338 e. The van der Waals surface area contributed by atoms with Crippen molar-refractivity contribution in [3.05, 3.63) is 70.5 Å². The van der Waals surface area contributed by atoms with Gasteiger partial charge < -0.3 is 10.1 Å². The summed E-state index contributed by atoms with van der Waals surface area (Å²) in [5.41, 5.74) is 1.07. The number of amides is 1. The lowest BCUT2D eigenvalue weighted by atomic mass is 10.1. The third kappa shape index (κ3) is 5.07. The van der Waals surface area contributed by atoms with Crippen LogP contribution in [0.3, 0.4) is 0 Å². The maximum absolute atomic E-state index is 12.9. The number of carbonyl (C=O) groups excluding carboxylic acids is 2. The molecular weight excluding hydrogens is 321 g/mol. The van der Waals surface area contributed by atoms with Gasteiger partial charge in [-0.1, -0.05) is 23.7 Å². The van der Waals surface area contributed by atoms with Gasteiger partial charge in [0.15, 0.2) is 6.61 Å². The summed E-state index contributed by atoms with van der Waals surface area (Å²) < 4.78 is 17.8. The number of halogens is 2. The molecule has 0 spiro atoms. The van der Waals surface area contributed by atoms with Crippen molar-refractivity contribution in [3.63, 3.8) is 0 Å². The van der Waals surface area contributed by atoms with Gasteiger partial charge in [0.2, 0.25) is 0 Å². The minimum atomic E-state index is -0.605. The zero-order valence-electron chi connectivity index (χ0n) is 12.4. The quantitative estimate of drug-likeness (QED) is 0.851. The first-order valence-corrected chi connectivity index (χ1v) is 7.31. The summed E-state index contributed by atoms with van der Waals surface area (Å²) in [5.74, 6) is -1.39. The third-order valence-electron chi connectivity index (χ3n) is 3.16. The van der Waals surface area contributed by atoms with Crippen LogP contribution in [-0.4, -0.2) is 18.5 Å². The van der Waals surface area contributed by atoms with Crippen molar-refractivity contribution in [1.82, 2.24) is 5.32 Å². The SMILES string of the molecule is C[C@@H](NC(=O)COC(=O)c1ccc(Cl)cc1)c1ccc(F)cc1. The van der Waals surface area contributed by atoms with E-state index in [1.165, 1.54) is 24.3 Å². The van der Waals surface area contributed by atoms with E-state index in [4.69, 9.17) is 16.3 Å². The van der Waals surface area contributed by atoms with Crippen LogP contribution in [-0.2, 0) is 9.53 Å². The second-order valence-electron chi connectivity index (χ2n) is 4.92. The maximum atomic E-state index is 12.9. The number of benzene rings is 2. The lowest BCUT2D eigenvalue weighted by molar-refractivity contribution is -0.124. The molecule has 0 saturated carbocycles. The Kier molecular flexibility index (Phi) is 5.71. The molecule has 2 aromatic carbocycles. The Hall–Kier alpha value is -2.40. The van der Waals surface area contributed by atoms with Crippen LogP contribution in [0.5, 0.6) is 0 Å². The fourth-order valence-electron chi connectivity index (χ4n) is 1.92. The molecule has 2 aromatic rings. The standard InChI is InChI=1S/C17H15ClFNO3/c1-11(12-4-8-15(19)9-5-12)20-16(21)10-23-17(22)13-2-6-14(18)7-3-13/h2-9,11H,10H2,1H3,(H,20,21)/t11-/m1/s1. The number of rotatable bonds is 5. The molecule has 23 heavy (non-hydrogen) atoms. The summed E-state index contributed by atoms with van der Waals surface area (Å²) in [4.78, 5) is 23.6. The zero-order valence-corrected chi connectivity index (χ0v) is 13.1. The first-order valence-electron chi connectivity index (χ1n) is 6.93. The molecule has 0 aliphatic rings. The van der Waals surface area contributed by atoms with Gasteiger partial charge in [-0.05, 0) is 48.9 Å². The molecule has 0 fully saturated rings. The molecule has 4 nitrogen and oxygen atoms in total. The number of esters is 1. The Balaban J connectivity index is 1.83. The second kappa shape index (κ2) is 7.74. The summed E-state index contributed by atoms with van der Waals surface area (Å²) in [7, 11) is 0. The minimum Gasteiger partial charge on any atom is -0.452 e. The van der Waals surface area contributed by atoms with Gasteiger partial charge >= 0.3 is 5.97 Å². The van der Waals surface area contributed by atoms with Crippen LogP contribution in [0.2, 0.25) is 5.02 Å². The fourth-order valence-corrected chi connectivity index (χ4v) is 2.04.